The summed E-state index contributed by atoms with van der Waals surface area (Å²) in [4.78, 5) is 20.9. The van der Waals surface area contributed by atoms with Crippen LogP contribution in [0, 0.1) is 17.0 Å². The number of aryl methyl sites for hydroxylation is 1. The third kappa shape index (κ3) is 3.53. The summed E-state index contributed by atoms with van der Waals surface area (Å²) in [7, 11) is 5.59. The number of rotatable bonds is 6. The van der Waals surface area contributed by atoms with Crippen LogP contribution in [0.4, 0.5) is 17.5 Å². The molecule has 0 amide bonds. The smallest absolute Gasteiger partial charge is 0.332 e. The van der Waals surface area contributed by atoms with Gasteiger partial charge < -0.3 is 15.5 Å². The highest BCUT2D eigenvalue weighted by molar-refractivity contribution is 5.60. The van der Waals surface area contributed by atoms with Gasteiger partial charge in [-0.15, -0.1) is 0 Å². The van der Waals surface area contributed by atoms with Crippen molar-refractivity contribution in [3.05, 3.63) is 15.8 Å². The molecule has 1 aromatic heterocycles. The molecule has 0 saturated carbocycles. The molecule has 0 radical (unpaired) electrons. The monoisotopic (exact) mass is 282 g/mol. The van der Waals surface area contributed by atoms with Crippen molar-refractivity contribution in [2.24, 2.45) is 0 Å². The minimum atomic E-state index is -0.459. The van der Waals surface area contributed by atoms with Gasteiger partial charge in [-0.05, 0) is 34.9 Å². The summed E-state index contributed by atoms with van der Waals surface area (Å²) >= 11 is 0. The Morgan fingerprint density at radius 2 is 1.95 bits per heavy atom. The fourth-order valence-electron chi connectivity index (χ4n) is 1.48. The lowest BCUT2D eigenvalue weighted by atomic mass is 10.0. The molecule has 1 aromatic rings. The Kier molecular flexibility index (Phi) is 4.83. The SMILES string of the molecule is CNc1nc(C)c([N+](=O)[O-])c(NCC(C)(C)N(C)C)n1. The Balaban J connectivity index is 3.10. The lowest BCUT2D eigenvalue weighted by Crippen LogP contribution is -2.44. The predicted octanol–water partition coefficient (Wildman–Crippen LogP) is 1.49. The lowest BCUT2D eigenvalue weighted by molar-refractivity contribution is -0.385. The first kappa shape index (κ1) is 16.1. The van der Waals surface area contributed by atoms with E-state index in [1.165, 1.54) is 0 Å². The summed E-state index contributed by atoms with van der Waals surface area (Å²) in [6, 6.07) is 0. The topological polar surface area (TPSA) is 96.2 Å². The molecule has 0 saturated heterocycles. The number of hydrogen-bond donors (Lipinski definition) is 2. The molecule has 8 nitrogen and oxygen atoms in total. The third-order valence-electron chi connectivity index (χ3n) is 3.36. The van der Waals surface area contributed by atoms with Gasteiger partial charge >= 0.3 is 5.69 Å². The van der Waals surface area contributed by atoms with E-state index < -0.39 is 4.92 Å². The fourth-order valence-corrected chi connectivity index (χ4v) is 1.48. The van der Waals surface area contributed by atoms with Gasteiger partial charge in [-0.3, -0.25) is 10.1 Å². The second kappa shape index (κ2) is 6.00. The summed E-state index contributed by atoms with van der Waals surface area (Å²) in [6.45, 7) is 6.21. The summed E-state index contributed by atoms with van der Waals surface area (Å²) in [5.41, 5.74) is 0.0880. The molecule has 112 valence electrons. The van der Waals surface area contributed by atoms with Crippen molar-refractivity contribution in [2.45, 2.75) is 26.3 Å². The van der Waals surface area contributed by atoms with E-state index in [4.69, 9.17) is 0 Å². The molecule has 0 atom stereocenters. The minimum Gasteiger partial charge on any atom is -0.362 e. The first-order valence-electron chi connectivity index (χ1n) is 6.31. The highest BCUT2D eigenvalue weighted by atomic mass is 16.6. The van der Waals surface area contributed by atoms with Crippen LogP contribution in [0.2, 0.25) is 0 Å². The highest BCUT2D eigenvalue weighted by Gasteiger charge is 2.25. The van der Waals surface area contributed by atoms with E-state index in [0.717, 1.165) is 0 Å². The molecule has 0 aliphatic rings. The van der Waals surface area contributed by atoms with E-state index in [1.54, 1.807) is 14.0 Å². The van der Waals surface area contributed by atoms with Gasteiger partial charge in [0, 0.05) is 19.1 Å². The van der Waals surface area contributed by atoms with E-state index in [2.05, 4.69) is 20.6 Å². The molecule has 0 unspecified atom stereocenters. The quantitative estimate of drug-likeness (QED) is 0.602. The van der Waals surface area contributed by atoms with Crippen LogP contribution < -0.4 is 10.6 Å². The molecule has 1 heterocycles. The fraction of sp³-hybridized carbons (Fsp3) is 0.667. The van der Waals surface area contributed by atoms with Crippen molar-refractivity contribution < 1.29 is 4.92 Å². The second-order valence-corrected chi connectivity index (χ2v) is 5.40. The van der Waals surface area contributed by atoms with Gasteiger partial charge in [0.25, 0.3) is 0 Å². The van der Waals surface area contributed by atoms with Crippen molar-refractivity contribution in [1.29, 1.82) is 0 Å². The Morgan fingerprint density at radius 1 is 1.35 bits per heavy atom. The molecule has 0 aromatic carbocycles. The van der Waals surface area contributed by atoms with Gasteiger partial charge in [-0.25, -0.2) is 4.98 Å². The van der Waals surface area contributed by atoms with Crippen LogP contribution in [0.25, 0.3) is 0 Å². The van der Waals surface area contributed by atoms with Crippen molar-refractivity contribution >= 4 is 17.5 Å². The van der Waals surface area contributed by atoms with Gasteiger partial charge in [-0.2, -0.15) is 4.98 Å². The van der Waals surface area contributed by atoms with E-state index in [1.807, 2.05) is 32.8 Å². The van der Waals surface area contributed by atoms with Crippen LogP contribution in [0.15, 0.2) is 0 Å². The molecule has 1 rings (SSSR count). The number of hydrogen-bond acceptors (Lipinski definition) is 7. The molecule has 0 aliphatic carbocycles. The van der Waals surface area contributed by atoms with Gasteiger partial charge in [0.05, 0.1) is 4.92 Å². The van der Waals surface area contributed by atoms with E-state index in [-0.39, 0.29) is 17.0 Å². The van der Waals surface area contributed by atoms with Crippen LogP contribution in [0.5, 0.6) is 0 Å². The van der Waals surface area contributed by atoms with Crippen LogP contribution in [-0.4, -0.2) is 53.0 Å². The van der Waals surface area contributed by atoms with Crippen LogP contribution in [0.3, 0.4) is 0 Å². The Morgan fingerprint density at radius 3 is 2.40 bits per heavy atom. The van der Waals surface area contributed by atoms with Crippen LogP contribution in [-0.2, 0) is 0 Å². The number of anilines is 2. The molecule has 0 spiro atoms. The molecule has 8 heteroatoms. The van der Waals surface area contributed by atoms with E-state index in [0.29, 0.717) is 18.2 Å². The number of nitrogens with one attached hydrogen (secondary N) is 2. The molecule has 0 fully saturated rings. The van der Waals surface area contributed by atoms with Gasteiger partial charge in [0.15, 0.2) is 0 Å². The van der Waals surface area contributed by atoms with Crippen molar-refractivity contribution in [3.8, 4) is 0 Å². The summed E-state index contributed by atoms with van der Waals surface area (Å²) in [5, 5.41) is 17.0. The Hall–Kier alpha value is -1.96. The van der Waals surface area contributed by atoms with Crippen molar-refractivity contribution in [1.82, 2.24) is 14.9 Å². The average molecular weight is 282 g/mol. The highest BCUT2D eigenvalue weighted by Crippen LogP contribution is 2.27. The molecule has 0 aliphatic heterocycles. The lowest BCUT2D eigenvalue weighted by Gasteiger charge is -2.32. The predicted molar refractivity (Wildman–Crippen MR) is 79.2 cm³/mol. The zero-order chi connectivity index (χ0) is 15.5. The number of nitrogens with zero attached hydrogens (tertiary/aromatic N) is 4. The Bertz CT molecular complexity index is 501. The number of aromatic nitrogens is 2. The molecule has 2 N–H and O–H groups in total. The van der Waals surface area contributed by atoms with Gasteiger partial charge in [0.2, 0.25) is 11.8 Å². The normalized spacial score (nSPS) is 11.6. The minimum absolute atomic E-state index is 0.0847. The van der Waals surface area contributed by atoms with Crippen molar-refractivity contribution in [3.63, 3.8) is 0 Å². The first-order chi connectivity index (χ1) is 9.19. The molecule has 20 heavy (non-hydrogen) atoms. The number of nitro groups is 1. The van der Waals surface area contributed by atoms with E-state index in [9.17, 15) is 10.1 Å². The third-order valence-corrected chi connectivity index (χ3v) is 3.36. The summed E-state index contributed by atoms with van der Waals surface area (Å²) in [6.07, 6.45) is 0. The maximum atomic E-state index is 11.2. The Labute approximate surface area is 118 Å². The zero-order valence-electron chi connectivity index (χ0n) is 12.8. The molecular formula is C12H22N6O2. The zero-order valence-corrected chi connectivity index (χ0v) is 12.8. The van der Waals surface area contributed by atoms with Crippen LogP contribution in [0.1, 0.15) is 19.5 Å². The maximum absolute atomic E-state index is 11.2. The first-order valence-corrected chi connectivity index (χ1v) is 6.31. The van der Waals surface area contributed by atoms with Gasteiger partial charge in [-0.1, -0.05) is 0 Å². The summed E-state index contributed by atoms with van der Waals surface area (Å²) in [5.74, 6) is 0.597. The average Bonchev–Trinajstić information content (AvgIpc) is 2.34. The van der Waals surface area contributed by atoms with Crippen LogP contribution >= 0.6 is 0 Å². The molecule has 0 bridgehead atoms. The standard InChI is InChI=1S/C12H22N6O2/c1-8-9(18(19)20)10(16-11(13-4)15-8)14-7-12(2,3)17(5)6/h7H2,1-6H3,(H2,13,14,15,16). The summed E-state index contributed by atoms with van der Waals surface area (Å²) < 4.78 is 0. The maximum Gasteiger partial charge on any atom is 0.332 e. The van der Waals surface area contributed by atoms with Gasteiger partial charge in [0.1, 0.15) is 5.69 Å². The molecular weight excluding hydrogens is 260 g/mol. The second-order valence-electron chi connectivity index (χ2n) is 5.40. The van der Waals surface area contributed by atoms with E-state index >= 15 is 0 Å². The number of likely N-dealkylation sites (N-methyl/N-ethyl adjacent to an activating group) is 1. The largest absolute Gasteiger partial charge is 0.362 e. The van der Waals surface area contributed by atoms with Crippen molar-refractivity contribution in [2.75, 3.05) is 38.3 Å².